The van der Waals surface area contributed by atoms with E-state index in [1.807, 2.05) is 41.5 Å². The highest BCUT2D eigenvalue weighted by Crippen LogP contribution is 2.64. The fourth-order valence-electron chi connectivity index (χ4n) is 3.56. The summed E-state index contributed by atoms with van der Waals surface area (Å²) in [4.78, 5) is 0. The van der Waals surface area contributed by atoms with Gasteiger partial charge in [0.25, 0.3) is 0 Å². The Labute approximate surface area is 81.0 Å². The summed E-state index contributed by atoms with van der Waals surface area (Å²) < 4.78 is 0. The second-order valence-electron chi connectivity index (χ2n) is 5.77. The second-order valence-corrected chi connectivity index (χ2v) is 5.77. The van der Waals surface area contributed by atoms with Crippen molar-refractivity contribution >= 4 is 0 Å². The number of aliphatic hydroxyl groups is 2. The maximum absolute atomic E-state index is 10.6. The number of aliphatic hydroxyl groups excluding tert-OH is 1. The Balaban J connectivity index is 3.10. The number of rotatable bonds is 1. The molecule has 0 aromatic rings. The van der Waals surface area contributed by atoms with Crippen LogP contribution in [-0.2, 0) is 0 Å². The molecule has 0 atom stereocenters. The SMILES string of the molecule is CC(C)C1(O)C(C)(C)C(O)C1(C)C. The zero-order valence-electron chi connectivity index (χ0n) is 9.55. The van der Waals surface area contributed by atoms with Crippen LogP contribution in [0, 0.1) is 16.7 Å². The fourth-order valence-corrected chi connectivity index (χ4v) is 3.56. The van der Waals surface area contributed by atoms with E-state index in [1.165, 1.54) is 0 Å². The lowest BCUT2D eigenvalue weighted by Gasteiger charge is -2.69. The van der Waals surface area contributed by atoms with Crippen molar-refractivity contribution in [1.82, 2.24) is 0 Å². The lowest BCUT2D eigenvalue weighted by atomic mass is 9.40. The van der Waals surface area contributed by atoms with Gasteiger partial charge in [-0.1, -0.05) is 41.5 Å². The third-order valence-corrected chi connectivity index (χ3v) is 4.17. The highest BCUT2D eigenvalue weighted by Gasteiger charge is 2.72. The minimum Gasteiger partial charge on any atom is -0.392 e. The minimum atomic E-state index is -0.764. The highest BCUT2D eigenvalue weighted by atomic mass is 16.3. The molecule has 0 bridgehead atoms. The van der Waals surface area contributed by atoms with Gasteiger partial charge in [-0.3, -0.25) is 0 Å². The summed E-state index contributed by atoms with van der Waals surface area (Å²) in [6.45, 7) is 11.8. The molecule has 0 unspecified atom stereocenters. The summed E-state index contributed by atoms with van der Waals surface area (Å²) in [6.07, 6.45) is -0.424. The normalized spacial score (nSPS) is 41.8. The van der Waals surface area contributed by atoms with Crippen LogP contribution in [0.2, 0.25) is 0 Å². The molecule has 0 amide bonds. The van der Waals surface area contributed by atoms with Gasteiger partial charge in [0.1, 0.15) is 0 Å². The molecule has 1 saturated carbocycles. The molecule has 1 aliphatic carbocycles. The first kappa shape index (κ1) is 11.0. The quantitative estimate of drug-likeness (QED) is 0.655. The van der Waals surface area contributed by atoms with Crippen LogP contribution in [0.5, 0.6) is 0 Å². The number of hydrogen-bond donors (Lipinski definition) is 2. The maximum Gasteiger partial charge on any atom is 0.0821 e. The molecule has 1 aliphatic rings. The predicted molar refractivity (Wildman–Crippen MR) is 53.4 cm³/mol. The first-order valence-corrected chi connectivity index (χ1v) is 5.00. The Morgan fingerprint density at radius 2 is 1.31 bits per heavy atom. The van der Waals surface area contributed by atoms with Crippen LogP contribution in [0.25, 0.3) is 0 Å². The van der Waals surface area contributed by atoms with Gasteiger partial charge < -0.3 is 10.2 Å². The zero-order valence-corrected chi connectivity index (χ0v) is 9.55. The molecule has 2 heteroatoms. The van der Waals surface area contributed by atoms with Gasteiger partial charge in [-0.2, -0.15) is 0 Å². The van der Waals surface area contributed by atoms with E-state index in [0.717, 1.165) is 0 Å². The van der Waals surface area contributed by atoms with E-state index in [0.29, 0.717) is 0 Å². The summed E-state index contributed by atoms with van der Waals surface area (Å²) in [7, 11) is 0. The van der Waals surface area contributed by atoms with Gasteiger partial charge in [0, 0.05) is 10.8 Å². The number of hydrogen-bond acceptors (Lipinski definition) is 2. The minimum absolute atomic E-state index is 0.167. The van der Waals surface area contributed by atoms with Crippen LogP contribution in [0.1, 0.15) is 41.5 Å². The standard InChI is InChI=1S/C11H22O2/c1-7(2)11(13)9(3,4)8(12)10(11,5)6/h7-8,12-13H,1-6H3. The molecule has 1 rings (SSSR count). The van der Waals surface area contributed by atoms with Crippen molar-refractivity contribution < 1.29 is 10.2 Å². The second kappa shape index (κ2) is 2.48. The molecule has 2 N–H and O–H groups in total. The molecular weight excluding hydrogens is 164 g/mol. The van der Waals surface area contributed by atoms with Crippen LogP contribution < -0.4 is 0 Å². The van der Waals surface area contributed by atoms with Crippen molar-refractivity contribution in [3.05, 3.63) is 0 Å². The molecule has 0 heterocycles. The lowest BCUT2D eigenvalue weighted by Crippen LogP contribution is -2.78. The molecule has 78 valence electrons. The summed E-state index contributed by atoms with van der Waals surface area (Å²) in [5, 5.41) is 20.5. The Morgan fingerprint density at radius 3 is 1.46 bits per heavy atom. The Morgan fingerprint density at radius 1 is 1.00 bits per heavy atom. The van der Waals surface area contributed by atoms with Gasteiger partial charge >= 0.3 is 0 Å². The molecule has 0 saturated heterocycles. The third-order valence-electron chi connectivity index (χ3n) is 4.17. The molecule has 1 fully saturated rings. The zero-order chi connectivity index (χ0) is 10.7. The van der Waals surface area contributed by atoms with Crippen molar-refractivity contribution in [3.63, 3.8) is 0 Å². The van der Waals surface area contributed by atoms with Crippen LogP contribution in [0.4, 0.5) is 0 Å². The van der Waals surface area contributed by atoms with E-state index >= 15 is 0 Å². The first-order valence-electron chi connectivity index (χ1n) is 5.00. The maximum atomic E-state index is 10.6. The van der Waals surface area contributed by atoms with Gasteiger partial charge in [0.05, 0.1) is 11.7 Å². The van der Waals surface area contributed by atoms with E-state index in [2.05, 4.69) is 0 Å². The molecule has 0 spiro atoms. The summed E-state index contributed by atoms with van der Waals surface area (Å²) >= 11 is 0. The van der Waals surface area contributed by atoms with Crippen LogP contribution in [0.3, 0.4) is 0 Å². The average Bonchev–Trinajstić information content (AvgIpc) is 2.00. The molecule has 0 aromatic heterocycles. The Hall–Kier alpha value is -0.0800. The van der Waals surface area contributed by atoms with E-state index in [-0.39, 0.29) is 5.92 Å². The molecule has 0 aromatic carbocycles. The van der Waals surface area contributed by atoms with Gasteiger partial charge in [-0.05, 0) is 5.92 Å². The average molecular weight is 186 g/mol. The van der Waals surface area contributed by atoms with Gasteiger partial charge in [-0.15, -0.1) is 0 Å². The van der Waals surface area contributed by atoms with E-state index in [1.54, 1.807) is 0 Å². The smallest absolute Gasteiger partial charge is 0.0821 e. The van der Waals surface area contributed by atoms with Crippen LogP contribution in [0.15, 0.2) is 0 Å². The van der Waals surface area contributed by atoms with Gasteiger partial charge in [-0.25, -0.2) is 0 Å². The van der Waals surface area contributed by atoms with Crippen molar-refractivity contribution in [3.8, 4) is 0 Å². The molecule has 13 heavy (non-hydrogen) atoms. The fraction of sp³-hybridized carbons (Fsp3) is 1.00. The van der Waals surface area contributed by atoms with E-state index < -0.39 is 22.5 Å². The predicted octanol–water partition coefficient (Wildman–Crippen LogP) is 1.80. The van der Waals surface area contributed by atoms with Gasteiger partial charge in [0.2, 0.25) is 0 Å². The van der Waals surface area contributed by atoms with E-state index in [9.17, 15) is 10.2 Å². The largest absolute Gasteiger partial charge is 0.392 e. The topological polar surface area (TPSA) is 40.5 Å². The van der Waals surface area contributed by atoms with Crippen molar-refractivity contribution in [2.45, 2.75) is 53.2 Å². The summed E-state index contributed by atoms with van der Waals surface area (Å²) in [6, 6.07) is 0. The van der Waals surface area contributed by atoms with Crippen LogP contribution >= 0.6 is 0 Å². The molecule has 0 aliphatic heterocycles. The van der Waals surface area contributed by atoms with E-state index in [4.69, 9.17) is 0 Å². The van der Waals surface area contributed by atoms with Gasteiger partial charge in [0.15, 0.2) is 0 Å². The highest BCUT2D eigenvalue weighted by molar-refractivity contribution is 5.21. The van der Waals surface area contributed by atoms with Crippen molar-refractivity contribution in [2.75, 3.05) is 0 Å². The Kier molecular flexibility index (Phi) is 2.10. The van der Waals surface area contributed by atoms with Crippen molar-refractivity contribution in [2.24, 2.45) is 16.7 Å². The molecular formula is C11H22O2. The monoisotopic (exact) mass is 186 g/mol. The van der Waals surface area contributed by atoms with Crippen molar-refractivity contribution in [1.29, 1.82) is 0 Å². The summed E-state index contributed by atoms with van der Waals surface area (Å²) in [5.74, 6) is 0.167. The van der Waals surface area contributed by atoms with Crippen LogP contribution in [-0.4, -0.2) is 21.9 Å². The molecule has 2 nitrogen and oxygen atoms in total. The first-order chi connectivity index (χ1) is 5.60. The third kappa shape index (κ3) is 0.909. The lowest BCUT2D eigenvalue weighted by molar-refractivity contribution is -0.336. The summed E-state index contributed by atoms with van der Waals surface area (Å²) in [5.41, 5.74) is -1.56. The Bertz CT molecular complexity index is 200. The molecule has 0 radical (unpaired) electrons.